The van der Waals surface area contributed by atoms with Gasteiger partial charge in [-0.2, -0.15) is 13.2 Å². The van der Waals surface area contributed by atoms with Gasteiger partial charge in [0.25, 0.3) is 0 Å². The highest BCUT2D eigenvalue weighted by Crippen LogP contribution is 2.32. The second-order valence-corrected chi connectivity index (χ2v) is 4.64. The van der Waals surface area contributed by atoms with Crippen molar-refractivity contribution in [2.24, 2.45) is 5.73 Å². The molecule has 0 saturated carbocycles. The largest absolute Gasteiger partial charge is 0.416 e. The maximum atomic E-state index is 12.6. The Bertz CT molecular complexity index is 819. The molecule has 4 nitrogen and oxygen atoms in total. The second kappa shape index (κ2) is 6.47. The van der Waals surface area contributed by atoms with Gasteiger partial charge in [0.15, 0.2) is 5.65 Å². The monoisotopic (exact) mass is 340 g/mol. The highest BCUT2D eigenvalue weighted by atomic mass is 35.5. The summed E-state index contributed by atoms with van der Waals surface area (Å²) in [6.07, 6.45) is -2.78. The molecule has 0 amide bonds. The summed E-state index contributed by atoms with van der Waals surface area (Å²) in [5.74, 6) is 0.390. The molecule has 8 heteroatoms. The Balaban J connectivity index is 0.00000192. The van der Waals surface area contributed by atoms with Crippen LogP contribution < -0.4 is 5.73 Å². The average Bonchev–Trinajstić information content (AvgIpc) is 2.53. The molecule has 0 radical (unpaired) electrons. The summed E-state index contributed by atoms with van der Waals surface area (Å²) >= 11 is 0. The van der Waals surface area contributed by atoms with Gasteiger partial charge < -0.3 is 5.73 Å². The quantitative estimate of drug-likeness (QED) is 0.774. The maximum absolute atomic E-state index is 12.6. The highest BCUT2D eigenvalue weighted by molar-refractivity contribution is 5.90. The number of hydrogen-bond acceptors (Lipinski definition) is 4. The molecule has 0 aliphatic carbocycles. The number of rotatable bonds is 2. The molecule has 120 valence electrons. The summed E-state index contributed by atoms with van der Waals surface area (Å²) in [5, 5.41) is 0.666. The van der Waals surface area contributed by atoms with E-state index < -0.39 is 11.7 Å². The minimum atomic E-state index is -4.36. The zero-order chi connectivity index (χ0) is 15.7. The summed E-state index contributed by atoms with van der Waals surface area (Å²) in [5.41, 5.74) is 6.41. The van der Waals surface area contributed by atoms with Crippen molar-refractivity contribution in [1.82, 2.24) is 15.0 Å². The van der Waals surface area contributed by atoms with Crippen LogP contribution in [-0.4, -0.2) is 15.0 Å². The number of nitrogens with two attached hydrogens (primary N) is 1. The van der Waals surface area contributed by atoms with Gasteiger partial charge in [0.2, 0.25) is 0 Å². The number of benzene rings is 1. The summed E-state index contributed by atoms with van der Waals surface area (Å²) in [6, 6.07) is 8.33. The summed E-state index contributed by atoms with van der Waals surface area (Å²) in [6.45, 7) is 0.125. The lowest BCUT2D eigenvalue weighted by Crippen LogP contribution is -2.06. The fraction of sp³-hybridized carbons (Fsp3) is 0.133. The minimum absolute atomic E-state index is 0. The van der Waals surface area contributed by atoms with Crippen LogP contribution in [0.25, 0.3) is 22.3 Å². The van der Waals surface area contributed by atoms with E-state index in [0.717, 1.165) is 12.1 Å². The van der Waals surface area contributed by atoms with Gasteiger partial charge >= 0.3 is 6.18 Å². The van der Waals surface area contributed by atoms with Crippen LogP contribution >= 0.6 is 12.4 Å². The van der Waals surface area contributed by atoms with Crippen LogP contribution in [0.1, 0.15) is 11.4 Å². The van der Waals surface area contributed by atoms with Crippen LogP contribution in [0, 0.1) is 0 Å². The van der Waals surface area contributed by atoms with Crippen LogP contribution in [0.4, 0.5) is 13.2 Å². The molecule has 1 aromatic carbocycles. The molecule has 0 fully saturated rings. The Labute approximate surface area is 136 Å². The summed E-state index contributed by atoms with van der Waals surface area (Å²) in [4.78, 5) is 12.7. The Kier molecular flexibility index (Phi) is 4.82. The van der Waals surface area contributed by atoms with E-state index in [2.05, 4.69) is 15.0 Å². The van der Waals surface area contributed by atoms with E-state index in [1.807, 2.05) is 0 Å². The molecule has 0 aliphatic rings. The van der Waals surface area contributed by atoms with E-state index in [4.69, 9.17) is 5.73 Å². The van der Waals surface area contributed by atoms with Gasteiger partial charge in [-0.1, -0.05) is 12.1 Å². The zero-order valence-electron chi connectivity index (χ0n) is 11.7. The molecule has 0 atom stereocenters. The van der Waals surface area contributed by atoms with Gasteiger partial charge in [-0.3, -0.25) is 0 Å². The van der Waals surface area contributed by atoms with Crippen LogP contribution in [0.3, 0.4) is 0 Å². The van der Waals surface area contributed by atoms with Crippen LogP contribution in [0.5, 0.6) is 0 Å². The van der Waals surface area contributed by atoms with E-state index in [1.165, 1.54) is 12.1 Å². The predicted molar refractivity (Wildman–Crippen MR) is 82.9 cm³/mol. The van der Waals surface area contributed by atoms with E-state index >= 15 is 0 Å². The minimum Gasteiger partial charge on any atom is -0.324 e. The van der Waals surface area contributed by atoms with Crippen LogP contribution in [0.2, 0.25) is 0 Å². The van der Waals surface area contributed by atoms with Crippen molar-refractivity contribution in [2.45, 2.75) is 12.7 Å². The summed E-state index contributed by atoms with van der Waals surface area (Å²) in [7, 11) is 0. The first-order chi connectivity index (χ1) is 10.5. The van der Waals surface area contributed by atoms with Crippen molar-refractivity contribution < 1.29 is 13.2 Å². The van der Waals surface area contributed by atoms with Gasteiger partial charge in [-0.15, -0.1) is 12.4 Å². The lowest BCUT2D eigenvalue weighted by Gasteiger charge is -2.09. The molecule has 3 aromatic rings. The third kappa shape index (κ3) is 3.40. The number of pyridine rings is 1. The SMILES string of the molecule is Cl.NCc1nc(-c2ccc(C(F)(F)F)cc2)c2cccnc2n1. The maximum Gasteiger partial charge on any atom is 0.416 e. The molecule has 0 spiro atoms. The predicted octanol–water partition coefficient (Wildman–Crippen LogP) is 3.59. The number of alkyl halides is 3. The second-order valence-electron chi connectivity index (χ2n) is 4.64. The first kappa shape index (κ1) is 17.1. The Morgan fingerprint density at radius 3 is 2.30 bits per heavy atom. The van der Waals surface area contributed by atoms with Crippen molar-refractivity contribution in [3.63, 3.8) is 0 Å². The number of aromatic nitrogens is 3. The molecule has 2 N–H and O–H groups in total. The number of nitrogens with zero attached hydrogens (tertiary/aromatic N) is 3. The third-order valence-corrected chi connectivity index (χ3v) is 3.19. The molecule has 23 heavy (non-hydrogen) atoms. The van der Waals surface area contributed by atoms with Gasteiger partial charge in [0.1, 0.15) is 5.82 Å². The first-order valence-corrected chi connectivity index (χ1v) is 6.48. The Morgan fingerprint density at radius 1 is 1.00 bits per heavy atom. The van der Waals surface area contributed by atoms with E-state index in [1.54, 1.807) is 18.3 Å². The standard InChI is InChI=1S/C15H11F3N4.ClH/c16-15(17,18)10-5-3-9(4-6-10)13-11-2-1-7-20-14(11)22-12(8-19)21-13;/h1-7H,8,19H2;1H. The third-order valence-electron chi connectivity index (χ3n) is 3.19. The van der Waals surface area contributed by atoms with Crippen LogP contribution in [-0.2, 0) is 12.7 Å². The van der Waals surface area contributed by atoms with Crippen molar-refractivity contribution in [3.8, 4) is 11.3 Å². The molecule has 2 aromatic heterocycles. The fourth-order valence-electron chi connectivity index (χ4n) is 2.14. The molecule has 3 rings (SSSR count). The fourth-order valence-corrected chi connectivity index (χ4v) is 2.14. The Morgan fingerprint density at radius 2 is 1.70 bits per heavy atom. The van der Waals surface area contributed by atoms with Crippen molar-refractivity contribution in [3.05, 3.63) is 54.0 Å². The van der Waals surface area contributed by atoms with Gasteiger partial charge in [0, 0.05) is 17.1 Å². The molecular formula is C15H12ClF3N4. The number of hydrogen-bond donors (Lipinski definition) is 1. The van der Waals surface area contributed by atoms with Crippen molar-refractivity contribution in [2.75, 3.05) is 0 Å². The molecule has 0 unspecified atom stereocenters. The highest BCUT2D eigenvalue weighted by Gasteiger charge is 2.30. The number of fused-ring (bicyclic) bond motifs is 1. The van der Waals surface area contributed by atoms with Gasteiger partial charge in [-0.05, 0) is 24.3 Å². The molecule has 0 bridgehead atoms. The van der Waals surface area contributed by atoms with Gasteiger partial charge in [0.05, 0.1) is 17.8 Å². The summed E-state index contributed by atoms with van der Waals surface area (Å²) < 4.78 is 37.9. The smallest absolute Gasteiger partial charge is 0.324 e. The number of halogens is 4. The zero-order valence-corrected chi connectivity index (χ0v) is 12.5. The molecule has 2 heterocycles. The molecule has 0 saturated heterocycles. The van der Waals surface area contributed by atoms with Gasteiger partial charge in [-0.25, -0.2) is 15.0 Å². The van der Waals surface area contributed by atoms with Crippen LogP contribution in [0.15, 0.2) is 42.6 Å². The van der Waals surface area contributed by atoms with E-state index in [0.29, 0.717) is 28.1 Å². The lowest BCUT2D eigenvalue weighted by molar-refractivity contribution is -0.137. The first-order valence-electron chi connectivity index (χ1n) is 6.48. The van der Waals surface area contributed by atoms with Crippen molar-refractivity contribution >= 4 is 23.4 Å². The Hall–Kier alpha value is -2.25. The van der Waals surface area contributed by atoms with Crippen molar-refractivity contribution in [1.29, 1.82) is 0 Å². The van der Waals surface area contributed by atoms with E-state index in [9.17, 15) is 13.2 Å². The molecule has 0 aliphatic heterocycles. The van der Waals surface area contributed by atoms with E-state index in [-0.39, 0.29) is 19.0 Å². The topological polar surface area (TPSA) is 64.7 Å². The lowest BCUT2D eigenvalue weighted by atomic mass is 10.1. The molecular weight excluding hydrogens is 329 g/mol. The normalized spacial score (nSPS) is 11.3. The average molecular weight is 341 g/mol.